The Labute approximate surface area is 140 Å². The molecule has 0 radical (unpaired) electrons. The Hall–Kier alpha value is -2.69. The summed E-state index contributed by atoms with van der Waals surface area (Å²) < 4.78 is 18.6. The number of nitrogens with one attached hydrogen (secondary N) is 1. The lowest BCUT2D eigenvalue weighted by atomic mass is 10.1. The molecule has 126 valence electrons. The molecule has 1 amide bonds. The molecule has 4 nitrogen and oxygen atoms in total. The van der Waals surface area contributed by atoms with Gasteiger partial charge in [0.25, 0.3) is 5.91 Å². The number of rotatable bonds is 6. The molecule has 1 atom stereocenters. The minimum Gasteiger partial charge on any atom is -0.452 e. The molecule has 0 heterocycles. The summed E-state index contributed by atoms with van der Waals surface area (Å²) in [5.74, 6) is -1.55. The summed E-state index contributed by atoms with van der Waals surface area (Å²) in [6.45, 7) is 3.53. The zero-order chi connectivity index (χ0) is 17.5. The molecule has 0 fully saturated rings. The SMILES string of the molecule is CCc1ccc(NC(=O)[C@@H](C)OC(=O)Cc2ccccc2F)cc1. The summed E-state index contributed by atoms with van der Waals surface area (Å²) in [6.07, 6.45) is -0.261. The van der Waals surface area contributed by atoms with Crippen LogP contribution in [0.2, 0.25) is 0 Å². The minimum absolute atomic E-state index is 0.213. The van der Waals surface area contributed by atoms with Crippen LogP contribution in [0.4, 0.5) is 10.1 Å². The van der Waals surface area contributed by atoms with Gasteiger partial charge < -0.3 is 10.1 Å². The van der Waals surface area contributed by atoms with Crippen LogP contribution in [0.5, 0.6) is 0 Å². The van der Waals surface area contributed by atoms with Crippen LogP contribution in [-0.4, -0.2) is 18.0 Å². The van der Waals surface area contributed by atoms with Gasteiger partial charge in [0.05, 0.1) is 6.42 Å². The van der Waals surface area contributed by atoms with Crippen molar-refractivity contribution < 1.29 is 18.7 Å². The summed E-state index contributed by atoms with van der Waals surface area (Å²) in [7, 11) is 0. The molecule has 1 N–H and O–H groups in total. The van der Waals surface area contributed by atoms with Crippen molar-refractivity contribution >= 4 is 17.6 Å². The van der Waals surface area contributed by atoms with E-state index in [0.717, 1.165) is 12.0 Å². The second kappa shape index (κ2) is 8.24. The number of esters is 1. The number of hydrogen-bond acceptors (Lipinski definition) is 3. The molecule has 0 spiro atoms. The van der Waals surface area contributed by atoms with Gasteiger partial charge >= 0.3 is 5.97 Å². The van der Waals surface area contributed by atoms with Gasteiger partial charge in [-0.25, -0.2) is 4.39 Å². The highest BCUT2D eigenvalue weighted by molar-refractivity contribution is 5.95. The number of anilines is 1. The first kappa shape index (κ1) is 17.7. The van der Waals surface area contributed by atoms with Crippen LogP contribution in [-0.2, 0) is 27.2 Å². The molecule has 2 aromatic rings. The van der Waals surface area contributed by atoms with E-state index in [4.69, 9.17) is 4.74 Å². The standard InChI is InChI=1S/C19H20FNO3/c1-3-14-8-10-16(11-9-14)21-19(23)13(2)24-18(22)12-15-6-4-5-7-17(15)20/h4-11,13H,3,12H2,1-2H3,(H,21,23)/t13-/m1/s1. The first-order valence-corrected chi connectivity index (χ1v) is 7.82. The lowest BCUT2D eigenvalue weighted by Crippen LogP contribution is -2.30. The third-order valence-corrected chi connectivity index (χ3v) is 3.60. The predicted molar refractivity (Wildman–Crippen MR) is 90.1 cm³/mol. The average Bonchev–Trinajstić information content (AvgIpc) is 2.57. The van der Waals surface area contributed by atoms with E-state index in [1.165, 1.54) is 19.1 Å². The van der Waals surface area contributed by atoms with Gasteiger partial charge in [-0.1, -0.05) is 37.3 Å². The molecule has 0 aliphatic rings. The molecule has 0 aliphatic heterocycles. The number of carbonyl (C=O) groups excluding carboxylic acids is 2. The van der Waals surface area contributed by atoms with Crippen LogP contribution in [0.15, 0.2) is 48.5 Å². The van der Waals surface area contributed by atoms with Gasteiger partial charge in [0, 0.05) is 5.69 Å². The van der Waals surface area contributed by atoms with E-state index in [9.17, 15) is 14.0 Å². The normalized spacial score (nSPS) is 11.6. The molecule has 0 saturated carbocycles. The second-order valence-corrected chi connectivity index (χ2v) is 5.44. The van der Waals surface area contributed by atoms with Gasteiger partial charge in [0.15, 0.2) is 6.10 Å². The topological polar surface area (TPSA) is 55.4 Å². The predicted octanol–water partition coefficient (Wildman–Crippen LogP) is 3.50. The Bertz CT molecular complexity index is 713. The quantitative estimate of drug-likeness (QED) is 0.825. The zero-order valence-corrected chi connectivity index (χ0v) is 13.7. The first-order chi connectivity index (χ1) is 11.5. The van der Waals surface area contributed by atoms with Crippen LogP contribution < -0.4 is 5.32 Å². The zero-order valence-electron chi connectivity index (χ0n) is 13.7. The fourth-order valence-electron chi connectivity index (χ4n) is 2.16. The Morgan fingerprint density at radius 1 is 1.12 bits per heavy atom. The summed E-state index contributed by atoms with van der Waals surface area (Å²) in [5.41, 5.74) is 2.04. The number of halogens is 1. The molecule has 0 unspecified atom stereocenters. The Morgan fingerprint density at radius 3 is 2.42 bits per heavy atom. The number of aryl methyl sites for hydroxylation is 1. The molecule has 2 rings (SSSR count). The van der Waals surface area contributed by atoms with Crippen molar-refractivity contribution in [2.24, 2.45) is 0 Å². The van der Waals surface area contributed by atoms with Gasteiger partial charge in [0.1, 0.15) is 5.82 Å². The van der Waals surface area contributed by atoms with Crippen molar-refractivity contribution in [3.05, 3.63) is 65.5 Å². The molecular formula is C19H20FNO3. The average molecular weight is 329 g/mol. The molecular weight excluding hydrogens is 309 g/mol. The lowest BCUT2D eigenvalue weighted by molar-refractivity contribution is -0.152. The molecule has 24 heavy (non-hydrogen) atoms. The van der Waals surface area contributed by atoms with E-state index in [1.54, 1.807) is 24.3 Å². The fraction of sp³-hybridized carbons (Fsp3) is 0.263. The van der Waals surface area contributed by atoms with Crippen molar-refractivity contribution in [1.29, 1.82) is 0 Å². The van der Waals surface area contributed by atoms with Crippen LogP contribution in [0.3, 0.4) is 0 Å². The van der Waals surface area contributed by atoms with E-state index >= 15 is 0 Å². The van der Waals surface area contributed by atoms with Gasteiger partial charge in [0.2, 0.25) is 0 Å². The maximum Gasteiger partial charge on any atom is 0.311 e. The molecule has 0 saturated heterocycles. The van der Waals surface area contributed by atoms with Crippen molar-refractivity contribution in [2.75, 3.05) is 5.32 Å². The molecule has 5 heteroatoms. The second-order valence-electron chi connectivity index (χ2n) is 5.44. The van der Waals surface area contributed by atoms with Gasteiger partial charge in [-0.2, -0.15) is 0 Å². The largest absolute Gasteiger partial charge is 0.452 e. The highest BCUT2D eigenvalue weighted by Gasteiger charge is 2.19. The molecule has 0 aliphatic carbocycles. The number of amides is 1. The van der Waals surface area contributed by atoms with Crippen LogP contribution >= 0.6 is 0 Å². The maximum atomic E-state index is 13.5. The van der Waals surface area contributed by atoms with E-state index in [-0.39, 0.29) is 12.0 Å². The van der Waals surface area contributed by atoms with Crippen LogP contribution in [0.25, 0.3) is 0 Å². The summed E-state index contributed by atoms with van der Waals surface area (Å²) in [4.78, 5) is 23.9. The number of carbonyl (C=O) groups is 2. The van der Waals surface area contributed by atoms with Gasteiger partial charge in [-0.3, -0.25) is 9.59 Å². The van der Waals surface area contributed by atoms with E-state index in [2.05, 4.69) is 5.32 Å². The van der Waals surface area contributed by atoms with Crippen molar-refractivity contribution in [3.8, 4) is 0 Å². The summed E-state index contributed by atoms with van der Waals surface area (Å²) in [6, 6.07) is 13.4. The van der Waals surface area contributed by atoms with Gasteiger partial charge in [-0.15, -0.1) is 0 Å². The highest BCUT2D eigenvalue weighted by atomic mass is 19.1. The smallest absolute Gasteiger partial charge is 0.311 e. The first-order valence-electron chi connectivity index (χ1n) is 7.82. The van der Waals surface area contributed by atoms with Gasteiger partial charge in [-0.05, 0) is 42.7 Å². The third kappa shape index (κ3) is 4.91. The van der Waals surface area contributed by atoms with Crippen LogP contribution in [0.1, 0.15) is 25.0 Å². The maximum absolute atomic E-state index is 13.5. The van der Waals surface area contributed by atoms with Crippen molar-refractivity contribution in [2.45, 2.75) is 32.8 Å². The Balaban J connectivity index is 1.88. The van der Waals surface area contributed by atoms with E-state index < -0.39 is 23.8 Å². The number of hydrogen-bond donors (Lipinski definition) is 1. The molecule has 0 aromatic heterocycles. The Kier molecular flexibility index (Phi) is 6.07. The Morgan fingerprint density at radius 2 is 1.79 bits per heavy atom. The summed E-state index contributed by atoms with van der Waals surface area (Å²) in [5, 5.41) is 2.68. The monoisotopic (exact) mass is 329 g/mol. The van der Waals surface area contributed by atoms with Crippen LogP contribution in [0, 0.1) is 5.82 Å². The van der Waals surface area contributed by atoms with Crippen molar-refractivity contribution in [3.63, 3.8) is 0 Å². The number of benzene rings is 2. The fourth-order valence-corrected chi connectivity index (χ4v) is 2.16. The summed E-state index contributed by atoms with van der Waals surface area (Å²) >= 11 is 0. The lowest BCUT2D eigenvalue weighted by Gasteiger charge is -2.14. The highest BCUT2D eigenvalue weighted by Crippen LogP contribution is 2.12. The molecule has 2 aromatic carbocycles. The number of ether oxygens (including phenoxy) is 1. The van der Waals surface area contributed by atoms with Crippen molar-refractivity contribution in [1.82, 2.24) is 0 Å². The third-order valence-electron chi connectivity index (χ3n) is 3.60. The minimum atomic E-state index is -0.963. The van der Waals surface area contributed by atoms with E-state index in [0.29, 0.717) is 5.69 Å². The van der Waals surface area contributed by atoms with E-state index in [1.807, 2.05) is 19.1 Å². The molecule has 0 bridgehead atoms.